The molecular formula is C18H16FN3O2. The number of halogens is 1. The van der Waals surface area contributed by atoms with Crippen molar-refractivity contribution < 1.29 is 13.6 Å². The van der Waals surface area contributed by atoms with Gasteiger partial charge in [0.15, 0.2) is 0 Å². The number of hydrogen-bond donors (Lipinski definition) is 1. The third kappa shape index (κ3) is 3.48. The third-order valence-electron chi connectivity index (χ3n) is 3.55. The van der Waals surface area contributed by atoms with Crippen molar-refractivity contribution in [3.05, 3.63) is 65.8 Å². The van der Waals surface area contributed by atoms with E-state index in [2.05, 4.69) is 29.4 Å². The molecule has 0 saturated heterocycles. The Bertz CT molecular complexity index is 839. The predicted octanol–water partition coefficient (Wildman–Crippen LogP) is 4.25. The van der Waals surface area contributed by atoms with Crippen LogP contribution in [0.2, 0.25) is 0 Å². The summed E-state index contributed by atoms with van der Waals surface area (Å²) in [4.78, 5) is 12.2. The SMILES string of the molecule is CC(C)c1ccc(NC(=O)c2nnc(-c3ccc(F)cc3)o2)cc1. The van der Waals surface area contributed by atoms with Gasteiger partial charge >= 0.3 is 11.8 Å². The van der Waals surface area contributed by atoms with Crippen molar-refractivity contribution in [2.24, 2.45) is 0 Å². The summed E-state index contributed by atoms with van der Waals surface area (Å²) >= 11 is 0. The maximum absolute atomic E-state index is 12.9. The molecule has 0 aliphatic carbocycles. The zero-order valence-corrected chi connectivity index (χ0v) is 13.3. The molecule has 5 nitrogen and oxygen atoms in total. The van der Waals surface area contributed by atoms with E-state index < -0.39 is 5.91 Å². The number of rotatable bonds is 4. The van der Waals surface area contributed by atoms with Crippen LogP contribution >= 0.6 is 0 Å². The van der Waals surface area contributed by atoms with Crippen LogP contribution in [-0.2, 0) is 0 Å². The molecule has 3 rings (SSSR count). The Balaban J connectivity index is 1.72. The van der Waals surface area contributed by atoms with Crippen molar-refractivity contribution in [1.82, 2.24) is 10.2 Å². The highest BCUT2D eigenvalue weighted by Gasteiger charge is 2.16. The number of nitrogens with zero attached hydrogens (tertiary/aromatic N) is 2. The molecule has 122 valence electrons. The number of benzene rings is 2. The van der Waals surface area contributed by atoms with E-state index in [0.29, 0.717) is 17.2 Å². The van der Waals surface area contributed by atoms with E-state index in [4.69, 9.17) is 4.42 Å². The van der Waals surface area contributed by atoms with Gasteiger partial charge in [0, 0.05) is 11.3 Å². The first-order valence-corrected chi connectivity index (χ1v) is 7.53. The molecule has 0 aliphatic rings. The van der Waals surface area contributed by atoms with Crippen LogP contribution in [0.5, 0.6) is 0 Å². The average molecular weight is 325 g/mol. The van der Waals surface area contributed by atoms with Crippen molar-refractivity contribution >= 4 is 11.6 Å². The largest absolute Gasteiger partial charge is 0.412 e. The second kappa shape index (κ2) is 6.62. The van der Waals surface area contributed by atoms with Gasteiger partial charge in [0.1, 0.15) is 5.82 Å². The standard InChI is InChI=1S/C18H16FN3O2/c1-11(2)12-5-9-15(10-6-12)20-16(23)18-22-21-17(24-18)13-3-7-14(19)8-4-13/h3-11H,1-2H3,(H,20,23). The van der Waals surface area contributed by atoms with E-state index in [1.807, 2.05) is 24.3 Å². The van der Waals surface area contributed by atoms with Gasteiger partial charge in [-0.15, -0.1) is 10.2 Å². The quantitative estimate of drug-likeness (QED) is 0.778. The molecule has 3 aromatic rings. The number of carbonyl (C=O) groups excluding carboxylic acids is 1. The Morgan fingerprint density at radius 1 is 1.04 bits per heavy atom. The minimum atomic E-state index is -0.492. The van der Waals surface area contributed by atoms with Gasteiger partial charge in [-0.3, -0.25) is 4.79 Å². The summed E-state index contributed by atoms with van der Waals surface area (Å²) < 4.78 is 18.3. The molecule has 0 fully saturated rings. The highest BCUT2D eigenvalue weighted by atomic mass is 19.1. The summed E-state index contributed by atoms with van der Waals surface area (Å²) in [6, 6.07) is 13.2. The fourth-order valence-corrected chi connectivity index (χ4v) is 2.16. The number of carbonyl (C=O) groups is 1. The molecule has 1 heterocycles. The highest BCUT2D eigenvalue weighted by Crippen LogP contribution is 2.20. The second-order valence-corrected chi connectivity index (χ2v) is 5.65. The van der Waals surface area contributed by atoms with Crippen molar-refractivity contribution in [3.8, 4) is 11.5 Å². The lowest BCUT2D eigenvalue weighted by Gasteiger charge is -2.07. The molecule has 0 aliphatic heterocycles. The Labute approximate surface area is 138 Å². The lowest BCUT2D eigenvalue weighted by molar-refractivity contribution is 0.0991. The summed E-state index contributed by atoms with van der Waals surface area (Å²) in [5.41, 5.74) is 2.37. The van der Waals surface area contributed by atoms with Gasteiger partial charge in [0.05, 0.1) is 0 Å². The number of nitrogens with one attached hydrogen (secondary N) is 1. The van der Waals surface area contributed by atoms with Crippen LogP contribution in [0.3, 0.4) is 0 Å². The molecule has 1 N–H and O–H groups in total. The summed E-state index contributed by atoms with van der Waals surface area (Å²) in [5.74, 6) is -0.421. The summed E-state index contributed by atoms with van der Waals surface area (Å²) in [7, 11) is 0. The molecular weight excluding hydrogens is 309 g/mol. The van der Waals surface area contributed by atoms with Gasteiger partial charge in [0.2, 0.25) is 5.89 Å². The highest BCUT2D eigenvalue weighted by molar-refractivity contribution is 6.00. The number of hydrogen-bond acceptors (Lipinski definition) is 4. The van der Waals surface area contributed by atoms with Crippen LogP contribution in [-0.4, -0.2) is 16.1 Å². The number of aromatic nitrogens is 2. The maximum Gasteiger partial charge on any atom is 0.313 e. The van der Waals surface area contributed by atoms with Crippen LogP contribution in [0.4, 0.5) is 10.1 Å². The Kier molecular flexibility index (Phi) is 4.37. The van der Waals surface area contributed by atoms with Gasteiger partial charge in [-0.1, -0.05) is 26.0 Å². The molecule has 1 amide bonds. The molecule has 0 bridgehead atoms. The van der Waals surface area contributed by atoms with Crippen molar-refractivity contribution in [1.29, 1.82) is 0 Å². The Morgan fingerprint density at radius 3 is 2.33 bits per heavy atom. The van der Waals surface area contributed by atoms with E-state index >= 15 is 0 Å². The van der Waals surface area contributed by atoms with Crippen molar-refractivity contribution in [3.63, 3.8) is 0 Å². The summed E-state index contributed by atoms with van der Waals surface area (Å²) in [6.07, 6.45) is 0. The van der Waals surface area contributed by atoms with Gasteiger partial charge in [-0.25, -0.2) is 4.39 Å². The summed E-state index contributed by atoms with van der Waals surface area (Å²) in [5, 5.41) is 10.3. The smallest absolute Gasteiger partial charge is 0.313 e. The molecule has 0 unspecified atom stereocenters. The lowest BCUT2D eigenvalue weighted by atomic mass is 10.0. The van der Waals surface area contributed by atoms with Crippen LogP contribution in [0.1, 0.15) is 36.0 Å². The molecule has 0 saturated carbocycles. The zero-order valence-electron chi connectivity index (χ0n) is 13.3. The number of amides is 1. The Hall–Kier alpha value is -3.02. The van der Waals surface area contributed by atoms with E-state index in [1.165, 1.54) is 29.8 Å². The molecule has 6 heteroatoms. The van der Waals surface area contributed by atoms with Crippen molar-refractivity contribution in [2.75, 3.05) is 5.32 Å². The average Bonchev–Trinajstić information content (AvgIpc) is 3.06. The van der Waals surface area contributed by atoms with Gasteiger partial charge in [-0.2, -0.15) is 0 Å². The van der Waals surface area contributed by atoms with Crippen LogP contribution < -0.4 is 5.32 Å². The topological polar surface area (TPSA) is 68.0 Å². The second-order valence-electron chi connectivity index (χ2n) is 5.65. The maximum atomic E-state index is 12.9. The van der Waals surface area contributed by atoms with E-state index in [-0.39, 0.29) is 17.6 Å². The normalized spacial score (nSPS) is 10.8. The van der Waals surface area contributed by atoms with Gasteiger partial charge in [-0.05, 0) is 47.9 Å². The molecule has 1 aromatic heterocycles. The third-order valence-corrected chi connectivity index (χ3v) is 3.55. The summed E-state index contributed by atoms with van der Waals surface area (Å²) in [6.45, 7) is 4.20. The minimum Gasteiger partial charge on any atom is -0.412 e. The van der Waals surface area contributed by atoms with E-state index in [0.717, 1.165) is 0 Å². The fraction of sp³-hybridized carbons (Fsp3) is 0.167. The molecule has 0 atom stereocenters. The fourth-order valence-electron chi connectivity index (χ4n) is 2.16. The Morgan fingerprint density at radius 2 is 1.71 bits per heavy atom. The van der Waals surface area contributed by atoms with E-state index in [9.17, 15) is 9.18 Å². The molecule has 24 heavy (non-hydrogen) atoms. The molecule has 2 aromatic carbocycles. The van der Waals surface area contributed by atoms with Crippen LogP contribution in [0.25, 0.3) is 11.5 Å². The minimum absolute atomic E-state index is 0.151. The van der Waals surface area contributed by atoms with Gasteiger partial charge < -0.3 is 9.73 Å². The molecule has 0 spiro atoms. The monoisotopic (exact) mass is 325 g/mol. The first-order valence-electron chi connectivity index (χ1n) is 7.53. The first kappa shape index (κ1) is 15.9. The van der Waals surface area contributed by atoms with E-state index in [1.54, 1.807) is 0 Å². The first-order chi connectivity index (χ1) is 11.5. The van der Waals surface area contributed by atoms with Crippen LogP contribution in [0.15, 0.2) is 52.9 Å². The van der Waals surface area contributed by atoms with Crippen LogP contribution in [0, 0.1) is 5.82 Å². The number of anilines is 1. The zero-order chi connectivity index (χ0) is 17.1. The lowest BCUT2D eigenvalue weighted by Crippen LogP contribution is -2.12. The van der Waals surface area contributed by atoms with Crippen molar-refractivity contribution in [2.45, 2.75) is 19.8 Å². The predicted molar refractivity (Wildman–Crippen MR) is 88.2 cm³/mol. The van der Waals surface area contributed by atoms with Gasteiger partial charge in [0.25, 0.3) is 0 Å². The molecule has 0 radical (unpaired) electrons.